The Morgan fingerprint density at radius 1 is 1.67 bits per heavy atom. The van der Waals surface area contributed by atoms with Gasteiger partial charge in [0.1, 0.15) is 0 Å². The number of hydrogen-bond acceptors (Lipinski definition) is 2. The molecule has 0 aliphatic carbocycles. The molecule has 0 aromatic heterocycles. The van der Waals surface area contributed by atoms with Gasteiger partial charge in [0.25, 0.3) is 0 Å². The van der Waals surface area contributed by atoms with Crippen LogP contribution in [0, 0.1) is 0 Å². The largest absolute Gasteiger partial charge is 0.316 e. The lowest BCUT2D eigenvalue weighted by atomic mass is 10.2. The third-order valence-electron chi connectivity index (χ3n) is 2.13. The van der Waals surface area contributed by atoms with Crippen molar-refractivity contribution in [1.82, 2.24) is 4.90 Å². The molecule has 2 N–H and O–H groups in total. The fourth-order valence-corrected chi connectivity index (χ4v) is 1.56. The first-order valence-electron chi connectivity index (χ1n) is 3.73. The van der Waals surface area contributed by atoms with Crippen molar-refractivity contribution in [3.8, 4) is 0 Å². The van der Waals surface area contributed by atoms with Gasteiger partial charge in [0.15, 0.2) is 0 Å². The normalized spacial score (nSPS) is 33.0. The SMILES string of the molecule is CC(N)N1CCC[C@H]1C. The minimum Gasteiger partial charge on any atom is -0.316 e. The molecular formula is C7H16N2. The van der Waals surface area contributed by atoms with E-state index in [0.29, 0.717) is 6.04 Å². The zero-order valence-corrected chi connectivity index (χ0v) is 6.30. The molecule has 1 heterocycles. The zero-order valence-electron chi connectivity index (χ0n) is 6.30. The minimum absolute atomic E-state index is 0.252. The summed E-state index contributed by atoms with van der Waals surface area (Å²) in [6.45, 7) is 5.50. The average Bonchev–Trinajstić information content (AvgIpc) is 2.13. The van der Waals surface area contributed by atoms with Gasteiger partial charge in [-0.05, 0) is 33.2 Å². The van der Waals surface area contributed by atoms with E-state index in [-0.39, 0.29) is 6.17 Å². The molecule has 1 saturated heterocycles. The van der Waals surface area contributed by atoms with Crippen LogP contribution in [-0.2, 0) is 0 Å². The summed E-state index contributed by atoms with van der Waals surface area (Å²) in [4.78, 5) is 2.35. The molecule has 1 unspecified atom stereocenters. The summed E-state index contributed by atoms with van der Waals surface area (Å²) < 4.78 is 0. The molecular weight excluding hydrogens is 112 g/mol. The fraction of sp³-hybridized carbons (Fsp3) is 1.00. The Kier molecular flexibility index (Phi) is 2.09. The van der Waals surface area contributed by atoms with E-state index in [9.17, 15) is 0 Å². The van der Waals surface area contributed by atoms with Gasteiger partial charge in [0.05, 0.1) is 6.17 Å². The van der Waals surface area contributed by atoms with Crippen molar-refractivity contribution in [3.05, 3.63) is 0 Å². The smallest absolute Gasteiger partial charge is 0.0545 e. The minimum atomic E-state index is 0.252. The van der Waals surface area contributed by atoms with E-state index in [1.165, 1.54) is 19.4 Å². The van der Waals surface area contributed by atoms with Crippen molar-refractivity contribution >= 4 is 0 Å². The Hall–Kier alpha value is -0.0800. The highest BCUT2D eigenvalue weighted by Gasteiger charge is 2.21. The van der Waals surface area contributed by atoms with Crippen molar-refractivity contribution in [1.29, 1.82) is 0 Å². The number of likely N-dealkylation sites (tertiary alicyclic amines) is 1. The van der Waals surface area contributed by atoms with Crippen molar-refractivity contribution in [2.75, 3.05) is 6.54 Å². The summed E-state index contributed by atoms with van der Waals surface area (Å²) in [6.07, 6.45) is 2.90. The van der Waals surface area contributed by atoms with Crippen LogP contribution in [-0.4, -0.2) is 23.7 Å². The van der Waals surface area contributed by atoms with Crippen LogP contribution >= 0.6 is 0 Å². The van der Waals surface area contributed by atoms with Crippen molar-refractivity contribution in [2.24, 2.45) is 5.73 Å². The van der Waals surface area contributed by atoms with Crippen LogP contribution in [0.3, 0.4) is 0 Å². The first kappa shape index (κ1) is 7.03. The highest BCUT2D eigenvalue weighted by atomic mass is 15.2. The van der Waals surface area contributed by atoms with E-state index in [4.69, 9.17) is 5.73 Å². The third kappa shape index (κ3) is 1.43. The van der Waals surface area contributed by atoms with Gasteiger partial charge < -0.3 is 5.73 Å². The standard InChI is InChI=1S/C7H16N2/c1-6-4-3-5-9(6)7(2)8/h6-7H,3-5,8H2,1-2H3/t6-,7?/m1/s1. The van der Waals surface area contributed by atoms with Gasteiger partial charge in [-0.25, -0.2) is 0 Å². The number of hydrogen-bond donors (Lipinski definition) is 1. The van der Waals surface area contributed by atoms with Crippen LogP contribution in [0.5, 0.6) is 0 Å². The van der Waals surface area contributed by atoms with Gasteiger partial charge in [-0.3, -0.25) is 4.90 Å². The van der Waals surface area contributed by atoms with Crippen molar-refractivity contribution in [3.63, 3.8) is 0 Å². The van der Waals surface area contributed by atoms with Gasteiger partial charge in [0, 0.05) is 6.04 Å². The predicted molar refractivity (Wildman–Crippen MR) is 39.1 cm³/mol. The Bertz CT molecular complexity index is 90.9. The van der Waals surface area contributed by atoms with E-state index in [1.54, 1.807) is 0 Å². The topological polar surface area (TPSA) is 29.3 Å². The van der Waals surface area contributed by atoms with Crippen molar-refractivity contribution in [2.45, 2.75) is 38.9 Å². The Morgan fingerprint density at radius 3 is 2.56 bits per heavy atom. The first-order valence-corrected chi connectivity index (χ1v) is 3.73. The summed E-state index contributed by atoms with van der Waals surface area (Å²) in [6, 6.07) is 0.713. The Labute approximate surface area is 57.0 Å². The average molecular weight is 128 g/mol. The number of rotatable bonds is 1. The van der Waals surface area contributed by atoms with Gasteiger partial charge in [0.2, 0.25) is 0 Å². The Morgan fingerprint density at radius 2 is 2.33 bits per heavy atom. The monoisotopic (exact) mass is 128 g/mol. The van der Waals surface area contributed by atoms with Gasteiger partial charge >= 0.3 is 0 Å². The van der Waals surface area contributed by atoms with Crippen molar-refractivity contribution < 1.29 is 0 Å². The van der Waals surface area contributed by atoms with Crippen LogP contribution in [0.2, 0.25) is 0 Å². The molecule has 1 rings (SSSR count). The molecule has 2 heteroatoms. The molecule has 2 atom stereocenters. The van der Waals surface area contributed by atoms with E-state index in [2.05, 4.69) is 18.7 Å². The molecule has 0 bridgehead atoms. The third-order valence-corrected chi connectivity index (χ3v) is 2.13. The van der Waals surface area contributed by atoms with Gasteiger partial charge in [-0.15, -0.1) is 0 Å². The second kappa shape index (κ2) is 2.67. The summed E-state index contributed by atoms with van der Waals surface area (Å²) in [5.41, 5.74) is 5.71. The molecule has 0 aromatic rings. The van der Waals surface area contributed by atoms with Gasteiger partial charge in [-0.1, -0.05) is 0 Å². The summed E-state index contributed by atoms with van der Waals surface area (Å²) in [7, 11) is 0. The van der Waals surface area contributed by atoms with Crippen LogP contribution < -0.4 is 5.73 Å². The van der Waals surface area contributed by atoms with E-state index in [1.807, 2.05) is 0 Å². The van der Waals surface area contributed by atoms with Crippen LogP contribution in [0.25, 0.3) is 0 Å². The lowest BCUT2D eigenvalue weighted by Gasteiger charge is -2.24. The fourth-order valence-electron chi connectivity index (χ4n) is 1.56. The zero-order chi connectivity index (χ0) is 6.85. The molecule has 0 saturated carbocycles. The van der Waals surface area contributed by atoms with E-state index < -0.39 is 0 Å². The molecule has 0 amide bonds. The first-order chi connectivity index (χ1) is 4.22. The lowest BCUT2D eigenvalue weighted by Crippen LogP contribution is -2.41. The predicted octanol–water partition coefficient (Wildman–Crippen LogP) is 0.775. The molecule has 0 radical (unpaired) electrons. The lowest BCUT2D eigenvalue weighted by molar-refractivity contribution is 0.207. The molecule has 1 aliphatic heterocycles. The van der Waals surface area contributed by atoms with Gasteiger partial charge in [-0.2, -0.15) is 0 Å². The Balaban J connectivity index is 2.40. The van der Waals surface area contributed by atoms with E-state index >= 15 is 0 Å². The number of nitrogens with zero attached hydrogens (tertiary/aromatic N) is 1. The maximum absolute atomic E-state index is 5.71. The number of nitrogens with two attached hydrogens (primary N) is 1. The highest BCUT2D eigenvalue weighted by Crippen LogP contribution is 2.16. The quantitative estimate of drug-likeness (QED) is 0.565. The molecule has 0 aromatic carbocycles. The molecule has 1 fully saturated rings. The van der Waals surface area contributed by atoms with Crippen LogP contribution in [0.15, 0.2) is 0 Å². The second-order valence-corrected chi connectivity index (χ2v) is 2.97. The maximum atomic E-state index is 5.71. The highest BCUT2D eigenvalue weighted by molar-refractivity contribution is 4.76. The second-order valence-electron chi connectivity index (χ2n) is 2.97. The summed E-state index contributed by atoms with van der Waals surface area (Å²) in [5.74, 6) is 0. The molecule has 54 valence electrons. The summed E-state index contributed by atoms with van der Waals surface area (Å²) >= 11 is 0. The van der Waals surface area contributed by atoms with Crippen LogP contribution in [0.4, 0.5) is 0 Å². The summed E-state index contributed by atoms with van der Waals surface area (Å²) in [5, 5.41) is 0. The van der Waals surface area contributed by atoms with E-state index in [0.717, 1.165) is 0 Å². The molecule has 2 nitrogen and oxygen atoms in total. The molecule has 0 spiro atoms. The maximum Gasteiger partial charge on any atom is 0.0545 e. The van der Waals surface area contributed by atoms with Crippen LogP contribution in [0.1, 0.15) is 26.7 Å². The molecule has 9 heavy (non-hydrogen) atoms. The molecule has 1 aliphatic rings.